The highest BCUT2D eigenvalue weighted by Crippen LogP contribution is 2.30. The number of nitrogens with one attached hydrogen (secondary N) is 1. The standard InChI is InChI=1S/C18H20ClN3O6S/c1-28-17-9-8-14(12-16(17)19)21(29(2,26)27)10-4-7-18(23)20-13-5-3-6-15(11-13)22(24)25/h3,5-6,8-9,11-12H,4,7,10H2,1-2H3,(H,20,23). The van der Waals surface area contributed by atoms with Crippen LogP contribution >= 0.6 is 11.6 Å². The smallest absolute Gasteiger partial charge is 0.271 e. The van der Waals surface area contributed by atoms with Crippen LogP contribution in [0.2, 0.25) is 5.02 Å². The van der Waals surface area contributed by atoms with E-state index in [9.17, 15) is 23.3 Å². The minimum absolute atomic E-state index is 0.0264. The minimum Gasteiger partial charge on any atom is -0.495 e. The molecule has 156 valence electrons. The number of halogens is 1. The molecule has 0 spiro atoms. The second kappa shape index (κ2) is 9.57. The Morgan fingerprint density at radius 3 is 2.59 bits per heavy atom. The molecule has 2 aromatic rings. The number of non-ortho nitro benzene ring substituents is 1. The van der Waals surface area contributed by atoms with E-state index in [1.54, 1.807) is 12.1 Å². The van der Waals surface area contributed by atoms with Crippen LogP contribution in [-0.2, 0) is 14.8 Å². The molecule has 0 radical (unpaired) electrons. The molecule has 0 aromatic heterocycles. The average Bonchev–Trinajstić information content (AvgIpc) is 2.64. The van der Waals surface area contributed by atoms with Gasteiger partial charge in [-0.25, -0.2) is 8.42 Å². The van der Waals surface area contributed by atoms with Gasteiger partial charge in [-0.15, -0.1) is 0 Å². The zero-order valence-electron chi connectivity index (χ0n) is 15.8. The number of ether oxygens (including phenoxy) is 1. The number of nitrogens with zero attached hydrogens (tertiary/aromatic N) is 2. The fraction of sp³-hybridized carbons (Fsp3) is 0.278. The molecule has 0 saturated heterocycles. The van der Waals surface area contributed by atoms with E-state index in [1.165, 1.54) is 37.4 Å². The Morgan fingerprint density at radius 1 is 1.28 bits per heavy atom. The summed E-state index contributed by atoms with van der Waals surface area (Å²) in [5.41, 5.74) is 0.519. The van der Waals surface area contributed by atoms with Crippen LogP contribution in [0, 0.1) is 10.1 Å². The van der Waals surface area contributed by atoms with Crippen molar-refractivity contribution in [3.63, 3.8) is 0 Å². The maximum atomic E-state index is 12.2. The topological polar surface area (TPSA) is 119 Å². The van der Waals surface area contributed by atoms with Crippen molar-refractivity contribution in [3.8, 4) is 5.75 Å². The summed E-state index contributed by atoms with van der Waals surface area (Å²) in [6, 6.07) is 10.2. The molecule has 0 saturated carbocycles. The summed E-state index contributed by atoms with van der Waals surface area (Å²) in [6.45, 7) is 0.0594. The van der Waals surface area contributed by atoms with Gasteiger partial charge in [-0.05, 0) is 30.7 Å². The zero-order chi connectivity index (χ0) is 21.6. The second-order valence-corrected chi connectivity index (χ2v) is 8.43. The van der Waals surface area contributed by atoms with Crippen molar-refractivity contribution in [2.24, 2.45) is 0 Å². The molecule has 0 heterocycles. The number of hydrogen-bond acceptors (Lipinski definition) is 6. The molecular weight excluding hydrogens is 422 g/mol. The lowest BCUT2D eigenvalue weighted by Crippen LogP contribution is -2.31. The van der Waals surface area contributed by atoms with Crippen molar-refractivity contribution in [1.82, 2.24) is 0 Å². The van der Waals surface area contributed by atoms with Gasteiger partial charge >= 0.3 is 0 Å². The number of benzene rings is 2. The molecule has 2 aromatic carbocycles. The Labute approximate surface area is 173 Å². The van der Waals surface area contributed by atoms with Gasteiger partial charge in [-0.1, -0.05) is 17.7 Å². The van der Waals surface area contributed by atoms with Gasteiger partial charge in [-0.2, -0.15) is 0 Å². The first-order valence-corrected chi connectivity index (χ1v) is 10.7. The Balaban J connectivity index is 2.01. The molecule has 0 atom stereocenters. The number of methoxy groups -OCH3 is 1. The lowest BCUT2D eigenvalue weighted by atomic mass is 10.2. The molecule has 2 rings (SSSR count). The number of carbonyl (C=O) groups is 1. The highest BCUT2D eigenvalue weighted by molar-refractivity contribution is 7.92. The quantitative estimate of drug-likeness (QED) is 0.470. The summed E-state index contributed by atoms with van der Waals surface area (Å²) in [7, 11) is -2.15. The molecule has 1 N–H and O–H groups in total. The van der Waals surface area contributed by atoms with Crippen molar-refractivity contribution < 1.29 is 22.9 Å². The third-order valence-electron chi connectivity index (χ3n) is 3.93. The Morgan fingerprint density at radius 2 is 2.00 bits per heavy atom. The van der Waals surface area contributed by atoms with Crippen LogP contribution in [0.4, 0.5) is 17.1 Å². The average molecular weight is 442 g/mol. The molecule has 0 fully saturated rings. The first kappa shape index (κ1) is 22.4. The molecule has 1 amide bonds. The third kappa shape index (κ3) is 6.33. The van der Waals surface area contributed by atoms with Crippen LogP contribution in [0.15, 0.2) is 42.5 Å². The highest BCUT2D eigenvalue weighted by atomic mass is 35.5. The summed E-state index contributed by atoms with van der Waals surface area (Å²) in [5.74, 6) is 0.0342. The van der Waals surface area contributed by atoms with E-state index in [0.29, 0.717) is 17.1 Å². The molecule has 0 bridgehead atoms. The fourth-order valence-corrected chi connectivity index (χ4v) is 3.81. The third-order valence-corrected chi connectivity index (χ3v) is 5.42. The summed E-state index contributed by atoms with van der Waals surface area (Å²) in [5, 5.41) is 13.6. The van der Waals surface area contributed by atoms with Crippen LogP contribution < -0.4 is 14.4 Å². The monoisotopic (exact) mass is 441 g/mol. The van der Waals surface area contributed by atoms with E-state index in [1.807, 2.05) is 0 Å². The van der Waals surface area contributed by atoms with Gasteiger partial charge in [0, 0.05) is 30.8 Å². The second-order valence-electron chi connectivity index (χ2n) is 6.11. The van der Waals surface area contributed by atoms with Gasteiger partial charge < -0.3 is 10.1 Å². The van der Waals surface area contributed by atoms with Crippen LogP contribution in [0.25, 0.3) is 0 Å². The highest BCUT2D eigenvalue weighted by Gasteiger charge is 2.19. The summed E-state index contributed by atoms with van der Waals surface area (Å²) < 4.78 is 30.5. The van der Waals surface area contributed by atoms with Gasteiger partial charge in [0.05, 0.1) is 29.0 Å². The number of sulfonamides is 1. The Kier molecular flexibility index (Phi) is 7.40. The predicted molar refractivity (Wildman–Crippen MR) is 111 cm³/mol. The molecule has 0 aliphatic rings. The number of nitro benzene ring substituents is 1. The van der Waals surface area contributed by atoms with E-state index in [2.05, 4.69) is 5.32 Å². The zero-order valence-corrected chi connectivity index (χ0v) is 17.4. The summed E-state index contributed by atoms with van der Waals surface area (Å²) in [4.78, 5) is 22.3. The lowest BCUT2D eigenvalue weighted by molar-refractivity contribution is -0.384. The maximum absolute atomic E-state index is 12.2. The minimum atomic E-state index is -3.60. The molecule has 0 unspecified atom stereocenters. The number of carbonyl (C=O) groups excluding carboxylic acids is 1. The van der Waals surface area contributed by atoms with Gasteiger partial charge in [0.15, 0.2) is 0 Å². The maximum Gasteiger partial charge on any atom is 0.271 e. The van der Waals surface area contributed by atoms with Crippen LogP contribution in [-0.4, -0.2) is 39.2 Å². The summed E-state index contributed by atoms with van der Waals surface area (Å²) in [6.07, 6.45) is 1.32. The van der Waals surface area contributed by atoms with Gasteiger partial charge in [0.2, 0.25) is 15.9 Å². The van der Waals surface area contributed by atoms with Crippen LogP contribution in [0.5, 0.6) is 5.75 Å². The SMILES string of the molecule is COc1ccc(N(CCCC(=O)Nc2cccc([N+](=O)[O-])c2)S(C)(=O)=O)cc1Cl. The van der Waals surface area contributed by atoms with Gasteiger partial charge in [0.1, 0.15) is 5.75 Å². The molecule has 11 heteroatoms. The number of nitro groups is 1. The fourth-order valence-electron chi connectivity index (χ4n) is 2.60. The van der Waals surface area contributed by atoms with Gasteiger partial charge in [-0.3, -0.25) is 19.2 Å². The van der Waals surface area contributed by atoms with Gasteiger partial charge in [0.25, 0.3) is 5.69 Å². The Bertz CT molecular complexity index is 1010. The Hall–Kier alpha value is -2.85. The van der Waals surface area contributed by atoms with E-state index in [-0.39, 0.29) is 36.0 Å². The number of anilines is 2. The number of rotatable bonds is 9. The molecule has 0 aliphatic carbocycles. The van der Waals surface area contributed by atoms with Crippen molar-refractivity contribution >= 4 is 44.6 Å². The molecular formula is C18H20ClN3O6S. The predicted octanol–water partition coefficient (Wildman–Crippen LogP) is 3.44. The first-order valence-electron chi connectivity index (χ1n) is 8.47. The largest absolute Gasteiger partial charge is 0.495 e. The summed E-state index contributed by atoms with van der Waals surface area (Å²) >= 11 is 6.07. The van der Waals surface area contributed by atoms with E-state index in [4.69, 9.17) is 16.3 Å². The van der Waals surface area contributed by atoms with E-state index in [0.717, 1.165) is 10.6 Å². The van der Waals surface area contributed by atoms with Crippen molar-refractivity contribution in [2.75, 3.05) is 29.5 Å². The van der Waals surface area contributed by atoms with E-state index >= 15 is 0 Å². The number of hydrogen-bond donors (Lipinski definition) is 1. The van der Waals surface area contributed by atoms with Crippen molar-refractivity contribution in [2.45, 2.75) is 12.8 Å². The first-order chi connectivity index (χ1) is 13.6. The van der Waals surface area contributed by atoms with Crippen molar-refractivity contribution in [1.29, 1.82) is 0 Å². The normalized spacial score (nSPS) is 11.0. The number of amides is 1. The molecule has 9 nitrogen and oxygen atoms in total. The molecule has 0 aliphatic heterocycles. The molecule has 29 heavy (non-hydrogen) atoms. The van der Waals surface area contributed by atoms with Crippen molar-refractivity contribution in [3.05, 3.63) is 57.6 Å². The van der Waals surface area contributed by atoms with E-state index < -0.39 is 14.9 Å². The van der Waals surface area contributed by atoms with Crippen LogP contribution in [0.3, 0.4) is 0 Å². The lowest BCUT2D eigenvalue weighted by Gasteiger charge is -2.23. The van der Waals surface area contributed by atoms with Crippen LogP contribution in [0.1, 0.15) is 12.8 Å².